The standard InChI is InChI=1S/C23H28ClN3O4/c1-14(2)17-9-8-15(3)12-20(17)31-13-23(30)27-26-22(29)11-10-21(28)25-19-7-5-6-18(24)16(19)4/h5-9,12,14H,10-11,13H2,1-4H3,(H,25,28)(H,26,29)(H,27,30). The van der Waals surface area contributed by atoms with Crippen molar-refractivity contribution in [2.75, 3.05) is 11.9 Å². The second kappa shape index (κ2) is 11.4. The van der Waals surface area contributed by atoms with Crippen molar-refractivity contribution in [3.8, 4) is 5.75 Å². The Morgan fingerprint density at radius 3 is 2.35 bits per heavy atom. The Bertz CT molecular complexity index is 960. The number of benzene rings is 2. The van der Waals surface area contributed by atoms with E-state index in [0.717, 1.165) is 16.7 Å². The molecule has 7 nitrogen and oxygen atoms in total. The van der Waals surface area contributed by atoms with Gasteiger partial charge < -0.3 is 10.1 Å². The van der Waals surface area contributed by atoms with Gasteiger partial charge in [0.1, 0.15) is 5.75 Å². The summed E-state index contributed by atoms with van der Waals surface area (Å²) in [5.41, 5.74) is 7.96. The van der Waals surface area contributed by atoms with E-state index < -0.39 is 11.8 Å². The lowest BCUT2D eigenvalue weighted by Gasteiger charge is -2.15. The maximum Gasteiger partial charge on any atom is 0.276 e. The van der Waals surface area contributed by atoms with Gasteiger partial charge in [0.15, 0.2) is 6.61 Å². The van der Waals surface area contributed by atoms with Gasteiger partial charge in [-0.25, -0.2) is 0 Å². The van der Waals surface area contributed by atoms with Crippen molar-refractivity contribution >= 4 is 35.0 Å². The molecular weight excluding hydrogens is 418 g/mol. The van der Waals surface area contributed by atoms with E-state index in [0.29, 0.717) is 16.5 Å². The number of hydrazine groups is 1. The summed E-state index contributed by atoms with van der Waals surface area (Å²) in [5.74, 6) is -0.409. The number of aryl methyl sites for hydroxylation is 1. The molecule has 3 N–H and O–H groups in total. The lowest BCUT2D eigenvalue weighted by atomic mass is 10.0. The Morgan fingerprint density at radius 1 is 0.968 bits per heavy atom. The van der Waals surface area contributed by atoms with Crippen molar-refractivity contribution in [3.05, 3.63) is 58.1 Å². The number of amides is 3. The van der Waals surface area contributed by atoms with Crippen LogP contribution in [0.25, 0.3) is 0 Å². The molecule has 8 heteroatoms. The number of anilines is 1. The van der Waals surface area contributed by atoms with Gasteiger partial charge in [-0.05, 0) is 54.7 Å². The van der Waals surface area contributed by atoms with Gasteiger partial charge in [-0.3, -0.25) is 25.2 Å². The van der Waals surface area contributed by atoms with E-state index in [-0.39, 0.29) is 31.3 Å². The second-order valence-electron chi connectivity index (χ2n) is 7.54. The molecule has 0 radical (unpaired) electrons. The minimum atomic E-state index is -0.497. The van der Waals surface area contributed by atoms with Crippen molar-refractivity contribution in [2.24, 2.45) is 0 Å². The summed E-state index contributed by atoms with van der Waals surface area (Å²) in [5, 5.41) is 3.27. The van der Waals surface area contributed by atoms with Gasteiger partial charge >= 0.3 is 0 Å². The molecule has 2 rings (SSSR count). The number of rotatable bonds is 8. The first kappa shape index (κ1) is 24.2. The number of hydrogen-bond donors (Lipinski definition) is 3. The van der Waals surface area contributed by atoms with Crippen LogP contribution in [0.3, 0.4) is 0 Å². The molecule has 0 aromatic heterocycles. The van der Waals surface area contributed by atoms with Crippen LogP contribution >= 0.6 is 11.6 Å². The van der Waals surface area contributed by atoms with E-state index >= 15 is 0 Å². The van der Waals surface area contributed by atoms with Crippen molar-refractivity contribution in [1.29, 1.82) is 0 Å². The largest absolute Gasteiger partial charge is 0.483 e. The smallest absolute Gasteiger partial charge is 0.276 e. The molecule has 0 aliphatic carbocycles. The van der Waals surface area contributed by atoms with Crippen LogP contribution in [-0.4, -0.2) is 24.3 Å². The number of nitrogens with one attached hydrogen (secondary N) is 3. The number of carbonyl (C=O) groups excluding carboxylic acids is 3. The molecule has 0 atom stereocenters. The van der Waals surface area contributed by atoms with Crippen LogP contribution in [0.4, 0.5) is 5.69 Å². The first-order valence-electron chi connectivity index (χ1n) is 10.0. The van der Waals surface area contributed by atoms with Crippen molar-refractivity contribution < 1.29 is 19.1 Å². The maximum absolute atomic E-state index is 12.1. The summed E-state index contributed by atoms with van der Waals surface area (Å²) in [6.45, 7) is 7.59. The van der Waals surface area contributed by atoms with Crippen molar-refractivity contribution in [1.82, 2.24) is 10.9 Å². The van der Waals surface area contributed by atoms with Gasteiger partial charge in [0, 0.05) is 23.6 Å². The lowest BCUT2D eigenvalue weighted by Crippen LogP contribution is -2.44. The summed E-state index contributed by atoms with van der Waals surface area (Å²) in [7, 11) is 0. The molecule has 3 amide bonds. The summed E-state index contributed by atoms with van der Waals surface area (Å²) in [4.78, 5) is 36.0. The molecule has 166 valence electrons. The minimum Gasteiger partial charge on any atom is -0.483 e. The third kappa shape index (κ3) is 7.61. The Hall–Kier alpha value is -3.06. The van der Waals surface area contributed by atoms with Gasteiger partial charge in [0.25, 0.3) is 5.91 Å². The fourth-order valence-corrected chi connectivity index (χ4v) is 2.98. The number of ether oxygens (including phenoxy) is 1. The van der Waals surface area contributed by atoms with Gasteiger partial charge in [-0.2, -0.15) is 0 Å². The molecule has 0 unspecified atom stereocenters. The summed E-state index contributed by atoms with van der Waals surface area (Å²) in [6, 6.07) is 11.0. The third-order valence-electron chi connectivity index (χ3n) is 4.61. The summed E-state index contributed by atoms with van der Waals surface area (Å²) in [6.07, 6.45) is -0.118. The molecule has 0 fully saturated rings. The van der Waals surface area contributed by atoms with Crippen LogP contribution < -0.4 is 20.9 Å². The topological polar surface area (TPSA) is 96.5 Å². The second-order valence-corrected chi connectivity index (χ2v) is 7.95. The van der Waals surface area contributed by atoms with E-state index in [1.54, 1.807) is 25.1 Å². The average molecular weight is 446 g/mol. The van der Waals surface area contributed by atoms with Crippen molar-refractivity contribution in [2.45, 2.75) is 46.5 Å². The Balaban J connectivity index is 1.74. The zero-order valence-electron chi connectivity index (χ0n) is 18.2. The van der Waals surface area contributed by atoms with Gasteiger partial charge in [0.2, 0.25) is 11.8 Å². The minimum absolute atomic E-state index is 0.0365. The number of carbonyl (C=O) groups is 3. The van der Waals surface area contributed by atoms with E-state index in [4.69, 9.17) is 16.3 Å². The van der Waals surface area contributed by atoms with Crippen LogP contribution in [0.1, 0.15) is 49.3 Å². The third-order valence-corrected chi connectivity index (χ3v) is 5.02. The zero-order chi connectivity index (χ0) is 23.0. The summed E-state index contributed by atoms with van der Waals surface area (Å²) < 4.78 is 5.62. The highest BCUT2D eigenvalue weighted by Gasteiger charge is 2.12. The van der Waals surface area contributed by atoms with E-state index in [9.17, 15) is 14.4 Å². The maximum atomic E-state index is 12.1. The van der Waals surface area contributed by atoms with Crippen LogP contribution in [0, 0.1) is 13.8 Å². The molecule has 2 aromatic rings. The Kier molecular flexibility index (Phi) is 8.88. The molecule has 0 heterocycles. The summed E-state index contributed by atoms with van der Waals surface area (Å²) >= 11 is 6.03. The fraction of sp³-hybridized carbons (Fsp3) is 0.348. The highest BCUT2D eigenvalue weighted by molar-refractivity contribution is 6.31. The fourth-order valence-electron chi connectivity index (χ4n) is 2.81. The van der Waals surface area contributed by atoms with E-state index in [1.807, 2.05) is 39.0 Å². The Morgan fingerprint density at radius 2 is 1.65 bits per heavy atom. The first-order valence-corrected chi connectivity index (χ1v) is 10.4. The van der Waals surface area contributed by atoms with Crippen molar-refractivity contribution in [3.63, 3.8) is 0 Å². The molecular formula is C23H28ClN3O4. The molecule has 0 aliphatic rings. The molecule has 0 aliphatic heterocycles. The molecule has 0 saturated carbocycles. The quantitative estimate of drug-likeness (QED) is 0.534. The highest BCUT2D eigenvalue weighted by atomic mass is 35.5. The molecule has 31 heavy (non-hydrogen) atoms. The van der Waals surface area contributed by atoms with Gasteiger partial charge in [0.05, 0.1) is 0 Å². The normalized spacial score (nSPS) is 10.5. The predicted octanol–water partition coefficient (Wildman–Crippen LogP) is 4.03. The molecule has 0 bridgehead atoms. The first-order chi connectivity index (χ1) is 14.7. The average Bonchev–Trinajstić information content (AvgIpc) is 2.72. The van der Waals surface area contributed by atoms with E-state index in [2.05, 4.69) is 16.2 Å². The van der Waals surface area contributed by atoms with Crippen LogP contribution in [0.2, 0.25) is 5.02 Å². The highest BCUT2D eigenvalue weighted by Crippen LogP contribution is 2.27. The molecule has 0 spiro atoms. The van der Waals surface area contributed by atoms with Crippen LogP contribution in [0.5, 0.6) is 5.75 Å². The zero-order valence-corrected chi connectivity index (χ0v) is 18.9. The van der Waals surface area contributed by atoms with Crippen LogP contribution in [-0.2, 0) is 14.4 Å². The molecule has 0 saturated heterocycles. The number of hydrogen-bond acceptors (Lipinski definition) is 4. The number of halogens is 1. The van der Waals surface area contributed by atoms with Crippen LogP contribution in [0.15, 0.2) is 36.4 Å². The molecule has 2 aromatic carbocycles. The van der Waals surface area contributed by atoms with Gasteiger partial charge in [-0.1, -0.05) is 43.6 Å². The monoisotopic (exact) mass is 445 g/mol. The predicted molar refractivity (Wildman–Crippen MR) is 121 cm³/mol. The van der Waals surface area contributed by atoms with E-state index in [1.165, 1.54) is 0 Å². The SMILES string of the molecule is Cc1ccc(C(C)C)c(OCC(=O)NNC(=O)CCC(=O)Nc2cccc(Cl)c2C)c1. The lowest BCUT2D eigenvalue weighted by molar-refractivity contribution is -0.130. The Labute approximate surface area is 187 Å². The van der Waals surface area contributed by atoms with Gasteiger partial charge in [-0.15, -0.1) is 0 Å².